The Hall–Kier alpha value is -3.02. The van der Waals surface area contributed by atoms with Crippen LogP contribution < -0.4 is 15.4 Å². The molecule has 0 unspecified atom stereocenters. The van der Waals surface area contributed by atoms with Crippen LogP contribution in [0.5, 0.6) is 5.75 Å². The predicted molar refractivity (Wildman–Crippen MR) is 102 cm³/mol. The van der Waals surface area contributed by atoms with Crippen LogP contribution in [0, 0.1) is 6.92 Å². The fourth-order valence-corrected chi connectivity index (χ4v) is 2.47. The lowest BCUT2D eigenvalue weighted by molar-refractivity contribution is -0.118. The zero-order valence-electron chi connectivity index (χ0n) is 15.5. The van der Waals surface area contributed by atoms with Crippen LogP contribution in [0.15, 0.2) is 42.5 Å². The summed E-state index contributed by atoms with van der Waals surface area (Å²) in [4.78, 5) is 23.4. The van der Waals surface area contributed by atoms with Crippen molar-refractivity contribution >= 4 is 23.4 Å². The Morgan fingerprint density at radius 1 is 1.04 bits per heavy atom. The average molecular weight is 356 g/mol. The normalized spacial score (nSPS) is 10.3. The maximum Gasteiger partial charge on any atom is 0.411 e. The molecule has 0 aliphatic heterocycles. The van der Waals surface area contributed by atoms with Gasteiger partial charge in [0.05, 0.1) is 7.11 Å². The molecule has 2 aromatic rings. The number of carbonyl (C=O) groups excluding carboxylic acids is 2. The van der Waals surface area contributed by atoms with E-state index in [4.69, 9.17) is 4.74 Å². The lowest BCUT2D eigenvalue weighted by Gasteiger charge is -2.16. The molecule has 2 rings (SSSR count). The Kier molecular flexibility index (Phi) is 6.60. The van der Waals surface area contributed by atoms with Crippen molar-refractivity contribution in [1.82, 2.24) is 0 Å². The highest BCUT2D eigenvalue weighted by Crippen LogP contribution is 2.27. The highest BCUT2D eigenvalue weighted by molar-refractivity contribution is 5.93. The van der Waals surface area contributed by atoms with Crippen LogP contribution in [-0.2, 0) is 9.53 Å². The maximum absolute atomic E-state index is 12.3. The maximum atomic E-state index is 12.3. The van der Waals surface area contributed by atoms with Crippen LogP contribution >= 0.6 is 0 Å². The third kappa shape index (κ3) is 5.24. The van der Waals surface area contributed by atoms with Gasteiger partial charge in [0.2, 0.25) is 0 Å². The van der Waals surface area contributed by atoms with Crippen molar-refractivity contribution in [2.45, 2.75) is 26.7 Å². The zero-order valence-corrected chi connectivity index (χ0v) is 15.5. The number of methoxy groups -OCH3 is 1. The smallest absolute Gasteiger partial charge is 0.411 e. The molecule has 2 amide bonds. The molecule has 0 fully saturated rings. The summed E-state index contributed by atoms with van der Waals surface area (Å²) in [6, 6.07) is 12.7. The van der Waals surface area contributed by atoms with Gasteiger partial charge < -0.3 is 14.8 Å². The SMILES string of the molecule is COC(=O)Nc1ccc(OCC(=O)Nc2c(C)cccc2C(C)C)cc1. The Labute approximate surface area is 153 Å². The van der Waals surface area contributed by atoms with Crippen LogP contribution in [0.2, 0.25) is 0 Å². The van der Waals surface area contributed by atoms with E-state index in [0.29, 0.717) is 17.4 Å². The summed E-state index contributed by atoms with van der Waals surface area (Å²) in [7, 11) is 1.30. The molecule has 0 bridgehead atoms. The van der Waals surface area contributed by atoms with Crippen molar-refractivity contribution in [2.24, 2.45) is 0 Å². The molecule has 0 heterocycles. The number of benzene rings is 2. The molecule has 0 saturated heterocycles. The minimum atomic E-state index is -0.544. The number of rotatable bonds is 6. The van der Waals surface area contributed by atoms with Gasteiger partial charge in [-0.2, -0.15) is 0 Å². The summed E-state index contributed by atoms with van der Waals surface area (Å²) in [6.07, 6.45) is -0.544. The van der Waals surface area contributed by atoms with Crippen molar-refractivity contribution in [3.8, 4) is 5.75 Å². The number of ether oxygens (including phenoxy) is 2. The van der Waals surface area contributed by atoms with Gasteiger partial charge in [-0.25, -0.2) is 4.79 Å². The number of amides is 2. The number of carbonyl (C=O) groups is 2. The molecule has 26 heavy (non-hydrogen) atoms. The quantitative estimate of drug-likeness (QED) is 0.808. The van der Waals surface area contributed by atoms with Gasteiger partial charge >= 0.3 is 6.09 Å². The van der Waals surface area contributed by atoms with Crippen LogP contribution in [0.4, 0.5) is 16.2 Å². The van der Waals surface area contributed by atoms with Gasteiger partial charge in [-0.05, 0) is 48.2 Å². The molecular weight excluding hydrogens is 332 g/mol. The standard InChI is InChI=1S/C20H24N2O4/c1-13(2)17-7-5-6-14(3)19(17)22-18(23)12-26-16-10-8-15(9-11-16)21-20(24)25-4/h5-11,13H,12H2,1-4H3,(H,21,24)(H,22,23). The van der Waals surface area contributed by atoms with Gasteiger partial charge in [-0.15, -0.1) is 0 Å². The highest BCUT2D eigenvalue weighted by atomic mass is 16.5. The Morgan fingerprint density at radius 2 is 1.73 bits per heavy atom. The first kappa shape index (κ1) is 19.3. The number of hydrogen-bond donors (Lipinski definition) is 2. The van der Waals surface area contributed by atoms with Crippen LogP contribution in [-0.4, -0.2) is 25.7 Å². The van der Waals surface area contributed by atoms with Gasteiger partial charge in [0.1, 0.15) is 5.75 Å². The summed E-state index contributed by atoms with van der Waals surface area (Å²) in [6.45, 7) is 6.04. The van der Waals surface area contributed by atoms with Crippen LogP contribution in [0.1, 0.15) is 30.9 Å². The molecular formula is C20H24N2O4. The molecule has 0 aliphatic carbocycles. The molecule has 0 radical (unpaired) electrons. The van der Waals surface area contributed by atoms with E-state index in [2.05, 4.69) is 29.2 Å². The van der Waals surface area contributed by atoms with E-state index < -0.39 is 6.09 Å². The molecule has 2 aromatic carbocycles. The second-order valence-corrected chi connectivity index (χ2v) is 6.17. The van der Waals surface area contributed by atoms with Crippen molar-refractivity contribution in [3.05, 3.63) is 53.6 Å². The highest BCUT2D eigenvalue weighted by Gasteiger charge is 2.12. The molecule has 0 atom stereocenters. The van der Waals surface area contributed by atoms with Gasteiger partial charge in [-0.3, -0.25) is 10.1 Å². The summed E-state index contributed by atoms with van der Waals surface area (Å²) >= 11 is 0. The first-order valence-corrected chi connectivity index (χ1v) is 8.38. The monoisotopic (exact) mass is 356 g/mol. The molecule has 0 aliphatic rings. The fraction of sp³-hybridized carbons (Fsp3) is 0.300. The Balaban J connectivity index is 1.94. The minimum Gasteiger partial charge on any atom is -0.484 e. The molecule has 2 N–H and O–H groups in total. The van der Waals surface area contributed by atoms with Crippen molar-refractivity contribution in [1.29, 1.82) is 0 Å². The number of aryl methyl sites for hydroxylation is 1. The first-order valence-electron chi connectivity index (χ1n) is 8.38. The second-order valence-electron chi connectivity index (χ2n) is 6.17. The van der Waals surface area contributed by atoms with E-state index >= 15 is 0 Å². The summed E-state index contributed by atoms with van der Waals surface area (Å²) in [5, 5.41) is 5.48. The number of hydrogen-bond acceptors (Lipinski definition) is 4. The van der Waals surface area contributed by atoms with E-state index in [9.17, 15) is 9.59 Å². The molecule has 138 valence electrons. The van der Waals surface area contributed by atoms with Crippen molar-refractivity contribution in [3.63, 3.8) is 0 Å². The van der Waals surface area contributed by atoms with Crippen LogP contribution in [0.3, 0.4) is 0 Å². The third-order valence-corrected chi connectivity index (χ3v) is 3.85. The number of para-hydroxylation sites is 1. The molecule has 0 aromatic heterocycles. The molecule has 6 heteroatoms. The molecule has 0 saturated carbocycles. The van der Waals surface area contributed by atoms with Gasteiger partial charge in [0.25, 0.3) is 5.91 Å². The van der Waals surface area contributed by atoms with Crippen LogP contribution in [0.25, 0.3) is 0 Å². The second kappa shape index (κ2) is 8.89. The number of nitrogens with one attached hydrogen (secondary N) is 2. The average Bonchev–Trinajstić information content (AvgIpc) is 2.62. The lowest BCUT2D eigenvalue weighted by Crippen LogP contribution is -2.21. The van der Waals surface area contributed by atoms with E-state index in [1.165, 1.54) is 7.11 Å². The lowest BCUT2D eigenvalue weighted by atomic mass is 9.98. The largest absolute Gasteiger partial charge is 0.484 e. The fourth-order valence-electron chi connectivity index (χ4n) is 2.47. The van der Waals surface area contributed by atoms with E-state index in [-0.39, 0.29) is 12.5 Å². The van der Waals surface area contributed by atoms with Gasteiger partial charge in [-0.1, -0.05) is 32.0 Å². The summed E-state index contributed by atoms with van der Waals surface area (Å²) in [5.74, 6) is 0.614. The Morgan fingerprint density at radius 3 is 2.35 bits per heavy atom. The van der Waals surface area contributed by atoms with Gasteiger partial charge in [0, 0.05) is 11.4 Å². The topological polar surface area (TPSA) is 76.7 Å². The summed E-state index contributed by atoms with van der Waals surface area (Å²) < 4.78 is 10.0. The Bertz CT molecular complexity index is 770. The predicted octanol–water partition coefficient (Wildman–Crippen LogP) is 4.31. The summed E-state index contributed by atoms with van der Waals surface area (Å²) in [5.41, 5.74) is 3.53. The van der Waals surface area contributed by atoms with Crippen molar-refractivity contribution < 1.29 is 19.1 Å². The first-order chi connectivity index (χ1) is 12.4. The number of anilines is 2. The van der Waals surface area contributed by atoms with Crippen molar-refractivity contribution in [2.75, 3.05) is 24.4 Å². The third-order valence-electron chi connectivity index (χ3n) is 3.85. The molecule has 6 nitrogen and oxygen atoms in total. The van der Waals surface area contributed by atoms with E-state index in [1.54, 1.807) is 24.3 Å². The van der Waals surface area contributed by atoms with E-state index in [0.717, 1.165) is 16.8 Å². The zero-order chi connectivity index (χ0) is 19.1. The van der Waals surface area contributed by atoms with E-state index in [1.807, 2.05) is 25.1 Å². The molecule has 0 spiro atoms. The van der Waals surface area contributed by atoms with Gasteiger partial charge in [0.15, 0.2) is 6.61 Å². The minimum absolute atomic E-state index is 0.102.